The van der Waals surface area contributed by atoms with Gasteiger partial charge in [0.05, 0.1) is 17.7 Å². The quantitative estimate of drug-likeness (QED) is 0.604. The number of benzene rings is 1. The van der Waals surface area contributed by atoms with E-state index < -0.39 is 5.54 Å². The Morgan fingerprint density at radius 2 is 2.05 bits per heavy atom. The van der Waals surface area contributed by atoms with Crippen LogP contribution in [0.25, 0.3) is 0 Å². The maximum Gasteiger partial charge on any atom is 0.186 e. The van der Waals surface area contributed by atoms with Crippen LogP contribution >= 0.6 is 0 Å². The summed E-state index contributed by atoms with van der Waals surface area (Å²) in [6.07, 6.45) is 2.07. The zero-order valence-corrected chi connectivity index (χ0v) is 11.5. The van der Waals surface area contributed by atoms with Crippen LogP contribution in [0.4, 0.5) is 0 Å². The normalized spacial score (nSPS) is 17.8. The second-order valence-electron chi connectivity index (χ2n) is 5.22. The Morgan fingerprint density at radius 3 is 2.68 bits per heavy atom. The molecule has 19 heavy (non-hydrogen) atoms. The van der Waals surface area contributed by atoms with Crippen LogP contribution in [-0.4, -0.2) is 31.6 Å². The third-order valence-corrected chi connectivity index (χ3v) is 3.59. The number of carbonyl (C=O) groups excluding carboxylic acids is 1. The highest BCUT2D eigenvalue weighted by molar-refractivity contribution is 6.05. The lowest BCUT2D eigenvalue weighted by Gasteiger charge is -2.24. The molecule has 104 valence electrons. The summed E-state index contributed by atoms with van der Waals surface area (Å²) in [5.41, 5.74) is 5.97. The van der Waals surface area contributed by atoms with Crippen molar-refractivity contribution < 1.29 is 14.3 Å². The summed E-state index contributed by atoms with van der Waals surface area (Å²) in [6.45, 7) is 2.73. The smallest absolute Gasteiger partial charge is 0.186 e. The number of ketones is 1. The van der Waals surface area contributed by atoms with Gasteiger partial charge in [-0.15, -0.1) is 0 Å². The molecule has 0 bridgehead atoms. The predicted molar refractivity (Wildman–Crippen MR) is 73.5 cm³/mol. The first-order valence-corrected chi connectivity index (χ1v) is 6.62. The second-order valence-corrected chi connectivity index (χ2v) is 5.22. The molecule has 1 unspecified atom stereocenters. The predicted octanol–water partition coefficient (Wildman–Crippen LogP) is 2.02. The molecule has 1 aromatic carbocycles. The molecule has 1 aliphatic carbocycles. The van der Waals surface area contributed by atoms with Crippen LogP contribution in [0.3, 0.4) is 0 Å². The van der Waals surface area contributed by atoms with Crippen molar-refractivity contribution in [3.8, 4) is 5.75 Å². The van der Waals surface area contributed by atoms with Crippen molar-refractivity contribution in [2.45, 2.75) is 25.3 Å². The van der Waals surface area contributed by atoms with Gasteiger partial charge in [0, 0.05) is 7.11 Å². The molecule has 0 heterocycles. The molecule has 0 aliphatic heterocycles. The highest BCUT2D eigenvalue weighted by Gasteiger charge is 2.44. The first kappa shape index (κ1) is 14.0. The molecule has 2 N–H and O–H groups in total. The summed E-state index contributed by atoms with van der Waals surface area (Å²) in [5.74, 6) is 0.844. The Morgan fingerprint density at radius 1 is 1.37 bits per heavy atom. The number of hydrogen-bond donors (Lipinski definition) is 1. The van der Waals surface area contributed by atoms with Crippen LogP contribution in [0.1, 0.15) is 30.1 Å². The summed E-state index contributed by atoms with van der Waals surface area (Å²) < 4.78 is 10.5. The van der Waals surface area contributed by atoms with Gasteiger partial charge in [0.1, 0.15) is 12.4 Å². The van der Waals surface area contributed by atoms with Gasteiger partial charge in [-0.3, -0.25) is 4.79 Å². The Bertz CT molecular complexity index is 452. The van der Waals surface area contributed by atoms with E-state index in [0.717, 1.165) is 12.8 Å². The van der Waals surface area contributed by atoms with Crippen molar-refractivity contribution in [2.24, 2.45) is 11.7 Å². The monoisotopic (exact) mass is 263 g/mol. The summed E-state index contributed by atoms with van der Waals surface area (Å²) in [5, 5.41) is 0. The first-order chi connectivity index (χ1) is 9.07. The number of Topliss-reactive ketones (excluding diaryl/α,β-unsaturated/α-hetero) is 1. The fraction of sp³-hybridized carbons (Fsp3) is 0.533. The number of nitrogens with two attached hydrogens (primary N) is 1. The zero-order valence-electron chi connectivity index (χ0n) is 11.5. The van der Waals surface area contributed by atoms with Gasteiger partial charge in [0.15, 0.2) is 5.78 Å². The van der Waals surface area contributed by atoms with Crippen LogP contribution in [0.15, 0.2) is 24.3 Å². The van der Waals surface area contributed by atoms with E-state index in [2.05, 4.69) is 0 Å². The van der Waals surface area contributed by atoms with Crippen molar-refractivity contribution in [1.29, 1.82) is 0 Å². The van der Waals surface area contributed by atoms with Crippen LogP contribution in [0, 0.1) is 5.92 Å². The molecule has 0 amide bonds. The minimum Gasteiger partial charge on any atom is -0.490 e. The topological polar surface area (TPSA) is 61.5 Å². The number of rotatable bonds is 7. The molecular weight excluding hydrogens is 242 g/mol. The van der Waals surface area contributed by atoms with E-state index >= 15 is 0 Å². The highest BCUT2D eigenvalue weighted by atomic mass is 16.5. The molecule has 1 fully saturated rings. The zero-order chi connectivity index (χ0) is 13.9. The summed E-state index contributed by atoms with van der Waals surface area (Å²) >= 11 is 0. The Balaban J connectivity index is 2.16. The first-order valence-electron chi connectivity index (χ1n) is 6.62. The summed E-state index contributed by atoms with van der Waals surface area (Å²) in [4.78, 5) is 12.6. The molecule has 0 aromatic heterocycles. The van der Waals surface area contributed by atoms with Gasteiger partial charge in [0.25, 0.3) is 0 Å². The van der Waals surface area contributed by atoms with E-state index in [9.17, 15) is 4.79 Å². The molecule has 1 atom stereocenters. The Kier molecular flexibility index (Phi) is 4.22. The van der Waals surface area contributed by atoms with Crippen LogP contribution in [0.2, 0.25) is 0 Å². The largest absolute Gasteiger partial charge is 0.490 e. The van der Waals surface area contributed by atoms with Gasteiger partial charge in [-0.05, 0) is 37.8 Å². The van der Waals surface area contributed by atoms with Gasteiger partial charge >= 0.3 is 0 Å². The van der Waals surface area contributed by atoms with Crippen LogP contribution in [-0.2, 0) is 4.74 Å². The van der Waals surface area contributed by atoms with Crippen LogP contribution in [0.5, 0.6) is 5.75 Å². The van der Waals surface area contributed by atoms with E-state index in [4.69, 9.17) is 15.2 Å². The lowest BCUT2D eigenvalue weighted by Crippen LogP contribution is -2.47. The average molecular weight is 263 g/mol. The molecule has 1 saturated carbocycles. The van der Waals surface area contributed by atoms with E-state index in [1.165, 1.54) is 0 Å². The number of methoxy groups -OCH3 is 1. The van der Waals surface area contributed by atoms with Crippen molar-refractivity contribution in [3.63, 3.8) is 0 Å². The summed E-state index contributed by atoms with van der Waals surface area (Å²) in [6, 6.07) is 7.26. The van der Waals surface area contributed by atoms with Crippen molar-refractivity contribution >= 4 is 5.78 Å². The van der Waals surface area contributed by atoms with Crippen molar-refractivity contribution in [2.75, 3.05) is 20.3 Å². The molecule has 4 heteroatoms. The molecule has 1 aliphatic rings. The Hall–Kier alpha value is -1.39. The van der Waals surface area contributed by atoms with Crippen LogP contribution < -0.4 is 10.5 Å². The number of ether oxygens (including phenoxy) is 2. The summed E-state index contributed by atoms with van der Waals surface area (Å²) in [7, 11) is 1.62. The Labute approximate surface area is 113 Å². The maximum absolute atomic E-state index is 12.6. The lowest BCUT2D eigenvalue weighted by atomic mass is 9.87. The second kappa shape index (κ2) is 5.72. The van der Waals surface area contributed by atoms with Gasteiger partial charge in [0.2, 0.25) is 0 Å². The minimum absolute atomic E-state index is 0.0389. The fourth-order valence-corrected chi connectivity index (χ4v) is 2.17. The molecule has 0 saturated heterocycles. The standard InChI is InChI=1S/C15H21NO3/c1-15(16,11-7-8-11)14(17)12-5-3-4-6-13(12)19-10-9-18-2/h3-6,11H,7-10,16H2,1-2H3. The maximum atomic E-state index is 12.6. The van der Waals surface area contributed by atoms with E-state index in [1.54, 1.807) is 19.2 Å². The highest BCUT2D eigenvalue weighted by Crippen LogP contribution is 2.40. The lowest BCUT2D eigenvalue weighted by molar-refractivity contribution is 0.0876. The third-order valence-electron chi connectivity index (χ3n) is 3.59. The van der Waals surface area contributed by atoms with Gasteiger partial charge < -0.3 is 15.2 Å². The third kappa shape index (κ3) is 3.14. The number of carbonyl (C=O) groups is 1. The van der Waals surface area contributed by atoms with Crippen molar-refractivity contribution in [3.05, 3.63) is 29.8 Å². The van der Waals surface area contributed by atoms with E-state index in [-0.39, 0.29) is 5.78 Å². The molecular formula is C15H21NO3. The average Bonchev–Trinajstić information content (AvgIpc) is 3.23. The number of hydrogen-bond acceptors (Lipinski definition) is 4. The van der Waals surface area contributed by atoms with Gasteiger partial charge in [-0.25, -0.2) is 0 Å². The molecule has 0 radical (unpaired) electrons. The molecule has 1 aromatic rings. The van der Waals surface area contributed by atoms with E-state index in [0.29, 0.717) is 30.4 Å². The van der Waals surface area contributed by atoms with Gasteiger partial charge in [-0.1, -0.05) is 12.1 Å². The molecule has 4 nitrogen and oxygen atoms in total. The van der Waals surface area contributed by atoms with Gasteiger partial charge in [-0.2, -0.15) is 0 Å². The molecule has 2 rings (SSSR count). The van der Waals surface area contributed by atoms with E-state index in [1.807, 2.05) is 19.1 Å². The molecule has 0 spiro atoms. The SMILES string of the molecule is COCCOc1ccccc1C(=O)C(C)(N)C1CC1. The minimum atomic E-state index is -0.791. The fourth-order valence-electron chi connectivity index (χ4n) is 2.17. The number of para-hydroxylation sites is 1. The van der Waals surface area contributed by atoms with Crippen molar-refractivity contribution in [1.82, 2.24) is 0 Å².